The van der Waals surface area contributed by atoms with Gasteiger partial charge in [-0.05, 0) is 24.8 Å². The fourth-order valence-corrected chi connectivity index (χ4v) is 2.10. The third-order valence-corrected chi connectivity index (χ3v) is 2.98. The Hall–Kier alpha value is -2.18. The predicted molar refractivity (Wildman–Crippen MR) is 73.8 cm³/mol. The van der Waals surface area contributed by atoms with Crippen LogP contribution in [0.3, 0.4) is 0 Å². The van der Waals surface area contributed by atoms with Crippen LogP contribution in [0.1, 0.15) is 37.0 Å². The van der Waals surface area contributed by atoms with E-state index in [-0.39, 0.29) is 6.42 Å². The first-order valence-electron chi connectivity index (χ1n) is 6.87. The summed E-state index contributed by atoms with van der Waals surface area (Å²) in [5, 5.41) is 11.1. The second kappa shape index (κ2) is 6.83. The molecule has 2 heterocycles. The lowest BCUT2D eigenvalue weighted by Crippen LogP contribution is -2.14. The Labute approximate surface area is 117 Å². The molecule has 0 aliphatic carbocycles. The van der Waals surface area contributed by atoms with Crippen molar-refractivity contribution in [3.8, 4) is 0 Å². The van der Waals surface area contributed by atoms with Crippen LogP contribution in [0.4, 0.5) is 0 Å². The van der Waals surface area contributed by atoms with E-state index in [9.17, 15) is 4.79 Å². The van der Waals surface area contributed by atoms with Gasteiger partial charge in [-0.15, -0.1) is 0 Å². The maximum atomic E-state index is 10.9. The second-order valence-corrected chi connectivity index (χ2v) is 4.77. The number of amides is 1. The lowest BCUT2D eigenvalue weighted by atomic mass is 10.1. The number of carbonyl (C=O) groups excluding carboxylic acids is 1. The van der Waals surface area contributed by atoms with Crippen LogP contribution in [0.2, 0.25) is 0 Å². The Bertz CT molecular complexity index is 545. The topological polar surface area (TPSA) is 102 Å². The van der Waals surface area contributed by atoms with Gasteiger partial charge in [0.2, 0.25) is 5.91 Å². The molecule has 0 radical (unpaired) electrons. The van der Waals surface area contributed by atoms with Crippen molar-refractivity contribution in [3.63, 3.8) is 0 Å². The molecule has 0 atom stereocenters. The Kier molecular flexibility index (Phi) is 4.86. The zero-order valence-electron chi connectivity index (χ0n) is 11.7. The van der Waals surface area contributed by atoms with Crippen molar-refractivity contribution < 1.29 is 4.79 Å². The van der Waals surface area contributed by atoms with E-state index in [4.69, 9.17) is 5.73 Å². The van der Waals surface area contributed by atoms with Gasteiger partial charge >= 0.3 is 0 Å². The number of hydrogen-bond acceptors (Lipinski definition) is 4. The van der Waals surface area contributed by atoms with Crippen LogP contribution in [0.25, 0.3) is 0 Å². The highest BCUT2D eigenvalue weighted by Gasteiger charge is 2.11. The van der Waals surface area contributed by atoms with Gasteiger partial charge in [-0.1, -0.05) is 6.92 Å². The van der Waals surface area contributed by atoms with Crippen LogP contribution in [-0.4, -0.2) is 30.9 Å². The number of H-pyrrole nitrogens is 1. The molecule has 7 nitrogen and oxygen atoms in total. The summed E-state index contributed by atoms with van der Waals surface area (Å²) in [6.07, 6.45) is 7.56. The van der Waals surface area contributed by atoms with Crippen molar-refractivity contribution in [2.24, 2.45) is 5.73 Å². The molecule has 1 amide bonds. The minimum absolute atomic E-state index is 0.103. The molecule has 7 heteroatoms. The smallest absolute Gasteiger partial charge is 0.225 e. The summed E-state index contributed by atoms with van der Waals surface area (Å²) in [5.74, 6) is 1.04. The molecule has 0 aliphatic rings. The van der Waals surface area contributed by atoms with Crippen LogP contribution in [0.15, 0.2) is 12.4 Å². The standard InChI is InChI=1S/C13H20N6O/c1-2-6-19-13(17-12(18-19)7-11(14)20)5-3-4-10-8-15-16-9-10/h8-9H,2-7H2,1H3,(H2,14,20)(H,15,16). The largest absolute Gasteiger partial charge is 0.369 e. The Morgan fingerprint density at radius 2 is 2.30 bits per heavy atom. The summed E-state index contributed by atoms with van der Waals surface area (Å²) in [6, 6.07) is 0. The Morgan fingerprint density at radius 1 is 1.45 bits per heavy atom. The highest BCUT2D eigenvalue weighted by molar-refractivity contribution is 5.75. The lowest BCUT2D eigenvalue weighted by Gasteiger charge is -2.03. The van der Waals surface area contributed by atoms with Gasteiger partial charge in [0.15, 0.2) is 5.82 Å². The van der Waals surface area contributed by atoms with Crippen LogP contribution < -0.4 is 5.73 Å². The number of carbonyl (C=O) groups is 1. The SMILES string of the molecule is CCCn1nc(CC(N)=O)nc1CCCc1cn[nH]c1. The van der Waals surface area contributed by atoms with E-state index in [0.29, 0.717) is 5.82 Å². The highest BCUT2D eigenvalue weighted by Crippen LogP contribution is 2.07. The molecule has 0 aliphatic heterocycles. The van der Waals surface area contributed by atoms with Gasteiger partial charge in [0, 0.05) is 19.2 Å². The van der Waals surface area contributed by atoms with Gasteiger partial charge in [-0.2, -0.15) is 10.2 Å². The molecular formula is C13H20N6O. The maximum Gasteiger partial charge on any atom is 0.225 e. The highest BCUT2D eigenvalue weighted by atomic mass is 16.1. The normalized spacial score (nSPS) is 10.8. The number of nitrogens with two attached hydrogens (primary N) is 1. The molecule has 0 spiro atoms. The van der Waals surface area contributed by atoms with Crippen molar-refractivity contribution in [2.75, 3.05) is 0 Å². The lowest BCUT2D eigenvalue weighted by molar-refractivity contribution is -0.117. The molecule has 20 heavy (non-hydrogen) atoms. The third kappa shape index (κ3) is 3.91. The molecule has 2 rings (SSSR count). The van der Waals surface area contributed by atoms with Gasteiger partial charge in [0.05, 0.1) is 12.6 Å². The summed E-state index contributed by atoms with van der Waals surface area (Å²) in [7, 11) is 0. The molecule has 0 saturated heterocycles. The first kappa shape index (κ1) is 14.2. The molecule has 0 fully saturated rings. The summed E-state index contributed by atoms with van der Waals surface area (Å²) >= 11 is 0. The predicted octanol–water partition coefficient (Wildman–Crippen LogP) is 0.614. The fraction of sp³-hybridized carbons (Fsp3) is 0.538. The zero-order valence-corrected chi connectivity index (χ0v) is 11.7. The van der Waals surface area contributed by atoms with Crippen LogP contribution in [-0.2, 0) is 30.6 Å². The zero-order chi connectivity index (χ0) is 14.4. The second-order valence-electron chi connectivity index (χ2n) is 4.77. The first-order chi connectivity index (χ1) is 9.69. The number of rotatable bonds is 8. The van der Waals surface area contributed by atoms with Gasteiger partial charge in [0.1, 0.15) is 5.82 Å². The number of aryl methyl sites for hydroxylation is 3. The molecule has 0 bridgehead atoms. The van der Waals surface area contributed by atoms with E-state index < -0.39 is 5.91 Å². The van der Waals surface area contributed by atoms with Crippen LogP contribution in [0, 0.1) is 0 Å². The number of nitrogens with zero attached hydrogens (tertiary/aromatic N) is 4. The quantitative estimate of drug-likeness (QED) is 0.737. The van der Waals surface area contributed by atoms with E-state index in [0.717, 1.165) is 38.1 Å². The summed E-state index contributed by atoms with van der Waals surface area (Å²) in [5.41, 5.74) is 6.37. The molecule has 2 aromatic heterocycles. The molecular weight excluding hydrogens is 256 g/mol. The average molecular weight is 276 g/mol. The monoisotopic (exact) mass is 276 g/mol. The maximum absolute atomic E-state index is 10.9. The average Bonchev–Trinajstić information content (AvgIpc) is 3.00. The summed E-state index contributed by atoms with van der Waals surface area (Å²) in [6.45, 7) is 2.90. The van der Waals surface area contributed by atoms with Gasteiger partial charge in [-0.25, -0.2) is 9.67 Å². The number of hydrogen-bond donors (Lipinski definition) is 2. The van der Waals surface area contributed by atoms with E-state index in [1.54, 1.807) is 0 Å². The fourth-order valence-electron chi connectivity index (χ4n) is 2.10. The number of aromatic amines is 1. The first-order valence-corrected chi connectivity index (χ1v) is 6.87. The number of primary amides is 1. The molecule has 3 N–H and O–H groups in total. The Morgan fingerprint density at radius 3 is 2.95 bits per heavy atom. The number of aromatic nitrogens is 5. The van der Waals surface area contributed by atoms with Crippen molar-refractivity contribution >= 4 is 5.91 Å². The van der Waals surface area contributed by atoms with Crippen LogP contribution in [0.5, 0.6) is 0 Å². The van der Waals surface area contributed by atoms with Crippen LogP contribution >= 0.6 is 0 Å². The molecule has 108 valence electrons. The molecule has 0 saturated carbocycles. The third-order valence-electron chi connectivity index (χ3n) is 2.98. The van der Waals surface area contributed by atoms with Crippen molar-refractivity contribution in [1.29, 1.82) is 0 Å². The molecule has 2 aromatic rings. The van der Waals surface area contributed by atoms with Gasteiger partial charge < -0.3 is 5.73 Å². The van der Waals surface area contributed by atoms with E-state index in [1.807, 2.05) is 17.1 Å². The van der Waals surface area contributed by atoms with E-state index in [1.165, 1.54) is 5.56 Å². The van der Waals surface area contributed by atoms with Crippen molar-refractivity contribution in [3.05, 3.63) is 29.6 Å². The summed E-state index contributed by atoms with van der Waals surface area (Å²) in [4.78, 5) is 15.4. The van der Waals surface area contributed by atoms with E-state index >= 15 is 0 Å². The Balaban J connectivity index is 1.97. The molecule has 0 unspecified atom stereocenters. The van der Waals surface area contributed by atoms with Gasteiger partial charge in [0.25, 0.3) is 0 Å². The van der Waals surface area contributed by atoms with Gasteiger partial charge in [-0.3, -0.25) is 9.89 Å². The van der Waals surface area contributed by atoms with Crippen molar-refractivity contribution in [2.45, 2.75) is 45.6 Å². The van der Waals surface area contributed by atoms with Crippen molar-refractivity contribution in [1.82, 2.24) is 25.0 Å². The minimum atomic E-state index is -0.399. The minimum Gasteiger partial charge on any atom is -0.369 e. The summed E-state index contributed by atoms with van der Waals surface area (Å²) < 4.78 is 1.88. The number of nitrogens with one attached hydrogen (secondary N) is 1. The van der Waals surface area contributed by atoms with E-state index in [2.05, 4.69) is 27.2 Å². The molecule has 0 aromatic carbocycles.